The molecule has 3 aromatic carbocycles. The lowest BCUT2D eigenvalue weighted by Crippen LogP contribution is -2.71. The summed E-state index contributed by atoms with van der Waals surface area (Å²) >= 11 is 2.08. The van der Waals surface area contributed by atoms with Crippen LogP contribution < -0.4 is 11.1 Å². The number of hydrogen-bond acceptors (Lipinski definition) is 17. The molecular formula is C35H32N6O11S3. The zero-order valence-electron chi connectivity index (χ0n) is 29.0. The number of carbonyl (C=O) groups is 3. The van der Waals surface area contributed by atoms with Crippen LogP contribution in [0.1, 0.15) is 35.5 Å². The Morgan fingerprint density at radius 3 is 2.33 bits per heavy atom. The van der Waals surface area contributed by atoms with E-state index in [2.05, 4.69) is 34.2 Å². The first-order chi connectivity index (χ1) is 26.6. The maximum atomic E-state index is 14.2. The molecule has 20 heteroatoms. The maximum absolute atomic E-state index is 14.2. The summed E-state index contributed by atoms with van der Waals surface area (Å²) in [5.74, 6) is -2.24. The van der Waals surface area contributed by atoms with E-state index >= 15 is 0 Å². The van der Waals surface area contributed by atoms with Crippen molar-refractivity contribution in [3.8, 4) is 0 Å². The number of nitrogens with one attached hydrogen (secondary N) is 1. The van der Waals surface area contributed by atoms with Crippen LogP contribution in [-0.2, 0) is 53.4 Å². The third-order valence-electron chi connectivity index (χ3n) is 7.88. The Bertz CT molecular complexity index is 2180. The van der Waals surface area contributed by atoms with E-state index in [1.165, 1.54) is 34.9 Å². The predicted octanol–water partition coefficient (Wildman–Crippen LogP) is 3.87. The van der Waals surface area contributed by atoms with Gasteiger partial charge in [-0.1, -0.05) is 87.8 Å². The van der Waals surface area contributed by atoms with E-state index in [0.717, 1.165) is 23.4 Å². The minimum Gasteiger partial charge on any atom is -0.448 e. The number of allylic oxidation sites excluding steroid dienone is 1. The number of amides is 2. The van der Waals surface area contributed by atoms with E-state index in [9.17, 15) is 22.8 Å². The first-order valence-corrected chi connectivity index (χ1v) is 19.6. The largest absolute Gasteiger partial charge is 0.448 e. The number of β-lactam (4-membered cyclic amide) rings is 1. The molecular weight excluding hydrogens is 777 g/mol. The summed E-state index contributed by atoms with van der Waals surface area (Å²) in [6.45, 7) is 3.60. The molecule has 6 rings (SSSR count). The summed E-state index contributed by atoms with van der Waals surface area (Å²) in [4.78, 5) is 56.3. The molecule has 2 aliphatic rings. The molecule has 1 fully saturated rings. The van der Waals surface area contributed by atoms with Gasteiger partial charge in [0.2, 0.25) is 11.5 Å². The normalized spacial score (nSPS) is 17.2. The van der Waals surface area contributed by atoms with Gasteiger partial charge in [0.05, 0.1) is 4.90 Å². The Morgan fingerprint density at radius 2 is 1.71 bits per heavy atom. The van der Waals surface area contributed by atoms with Crippen molar-refractivity contribution in [2.45, 2.75) is 36.3 Å². The number of thioether (sulfide) groups is 1. The van der Waals surface area contributed by atoms with Crippen molar-refractivity contribution in [2.24, 2.45) is 5.16 Å². The maximum Gasteiger partial charge on any atom is 0.356 e. The summed E-state index contributed by atoms with van der Waals surface area (Å²) in [6, 6.07) is 22.8. The van der Waals surface area contributed by atoms with Crippen molar-refractivity contribution in [2.75, 3.05) is 18.1 Å². The first-order valence-electron chi connectivity index (χ1n) is 16.3. The third kappa shape index (κ3) is 9.19. The van der Waals surface area contributed by atoms with Gasteiger partial charge in [-0.2, -0.15) is 17.8 Å². The number of nitrogen functional groups attached to an aromatic ring is 1. The molecule has 55 heavy (non-hydrogen) atoms. The summed E-state index contributed by atoms with van der Waals surface area (Å²) in [7, 11) is -4.34. The summed E-state index contributed by atoms with van der Waals surface area (Å²) < 4.78 is 39.2. The molecule has 3 N–H and O–H groups in total. The molecule has 0 aliphatic carbocycles. The molecule has 2 amide bonds. The van der Waals surface area contributed by atoms with Crippen molar-refractivity contribution >= 4 is 62.0 Å². The van der Waals surface area contributed by atoms with Crippen LogP contribution in [0, 0.1) is 6.92 Å². The molecule has 2 atom stereocenters. The van der Waals surface area contributed by atoms with Crippen LogP contribution >= 0.6 is 23.3 Å². The highest BCUT2D eigenvalue weighted by molar-refractivity contribution is 8.00. The number of oxime groups is 1. The average molecular weight is 809 g/mol. The number of benzene rings is 3. The van der Waals surface area contributed by atoms with E-state index in [1.54, 1.807) is 74.5 Å². The van der Waals surface area contributed by atoms with Crippen LogP contribution in [0.5, 0.6) is 0 Å². The quantitative estimate of drug-likeness (QED) is 0.0312. The lowest BCUT2D eigenvalue weighted by molar-refractivity contribution is -0.592. The Labute approximate surface area is 322 Å². The lowest BCUT2D eigenvalue weighted by atomic mass is 10.0. The molecule has 0 spiro atoms. The molecule has 1 saturated heterocycles. The van der Waals surface area contributed by atoms with Gasteiger partial charge in [0.1, 0.15) is 30.0 Å². The van der Waals surface area contributed by atoms with Gasteiger partial charge in [-0.15, -0.1) is 11.8 Å². The molecule has 0 radical (unpaired) electrons. The lowest BCUT2D eigenvalue weighted by Gasteiger charge is -2.49. The van der Waals surface area contributed by atoms with E-state index in [0.29, 0.717) is 11.1 Å². The number of carbonyl (C=O) groups excluding carboxylic acids is 3. The van der Waals surface area contributed by atoms with Gasteiger partial charge >= 0.3 is 16.1 Å². The number of ether oxygens (including phenoxy) is 1. The highest BCUT2D eigenvalue weighted by Gasteiger charge is 2.55. The van der Waals surface area contributed by atoms with Gasteiger partial charge in [0, 0.05) is 22.3 Å². The van der Waals surface area contributed by atoms with Gasteiger partial charge in [-0.05, 0) is 53.8 Å². The van der Waals surface area contributed by atoms with Crippen molar-refractivity contribution in [1.82, 2.24) is 19.6 Å². The monoisotopic (exact) mass is 808 g/mol. The predicted molar refractivity (Wildman–Crippen MR) is 197 cm³/mol. The van der Waals surface area contributed by atoms with Crippen LogP contribution in [-0.4, -0.2) is 69.9 Å². The zero-order valence-corrected chi connectivity index (χ0v) is 31.4. The average Bonchev–Trinajstić information content (AvgIpc) is 3.63. The number of anilines is 1. The molecule has 0 bridgehead atoms. The molecule has 0 saturated carbocycles. The molecule has 286 valence electrons. The van der Waals surface area contributed by atoms with Gasteiger partial charge in [-0.3, -0.25) is 14.5 Å². The minimum absolute atomic E-state index is 0.0813. The number of aromatic nitrogens is 2. The second kappa shape index (κ2) is 17.7. The Kier molecular flexibility index (Phi) is 12.5. The number of rotatable bonds is 16. The van der Waals surface area contributed by atoms with Crippen molar-refractivity contribution in [3.63, 3.8) is 0 Å². The zero-order chi connectivity index (χ0) is 39.0. The molecule has 3 heterocycles. The molecule has 4 aromatic rings. The Morgan fingerprint density at radius 1 is 1.04 bits per heavy atom. The van der Waals surface area contributed by atoms with Gasteiger partial charge in [0.15, 0.2) is 11.2 Å². The van der Waals surface area contributed by atoms with Crippen LogP contribution in [0.25, 0.3) is 0 Å². The van der Waals surface area contributed by atoms with Crippen LogP contribution in [0.3, 0.4) is 0 Å². The van der Waals surface area contributed by atoms with E-state index in [-0.39, 0.29) is 45.2 Å². The number of hydrogen-bond donors (Lipinski definition) is 2. The van der Waals surface area contributed by atoms with Gasteiger partial charge < -0.3 is 25.5 Å². The first kappa shape index (κ1) is 39.1. The smallest absolute Gasteiger partial charge is 0.356 e. The fourth-order valence-corrected chi connectivity index (χ4v) is 7.70. The second-order valence-electron chi connectivity index (χ2n) is 11.5. The second-order valence-corrected chi connectivity index (χ2v) is 14.9. The number of aryl methyl sites for hydroxylation is 1. The van der Waals surface area contributed by atoms with Crippen LogP contribution in [0.4, 0.5) is 5.13 Å². The summed E-state index contributed by atoms with van der Waals surface area (Å²) in [6.07, 6.45) is 1.40. The summed E-state index contributed by atoms with van der Waals surface area (Å²) in [5, 5.41) is 14.5. The van der Waals surface area contributed by atoms with Gasteiger partial charge in [-0.25, -0.2) is 4.79 Å². The van der Waals surface area contributed by atoms with Crippen molar-refractivity contribution in [3.05, 3.63) is 131 Å². The minimum atomic E-state index is -4.34. The highest BCUT2D eigenvalue weighted by Crippen LogP contribution is 2.42. The molecule has 1 aromatic heterocycles. The molecule has 17 nitrogen and oxygen atoms in total. The Balaban J connectivity index is 1.22. The number of esters is 1. The summed E-state index contributed by atoms with van der Waals surface area (Å²) in [5.41, 5.74) is 7.73. The standard InChI is InChI=1S/C35H32N6O11S3/c1-3-47-39-26(30-38-35(36)54-40-30)31(42)37-27-32(43)41-28(34(44)49-29(22-10-6-4-7-11-22)23-12-8-5-9-13-23)24(20-53-33(27)41)18-19-48-50-51-52-55(45,46)25-16-14-21(2)15-17-25/h4-19,27,29,33H,3,20H2,1-2H3,(H,37,42)(H2,36,38,40)/b19-18+,39-26+. The number of nitrogens with zero attached hydrogens (tertiary/aromatic N) is 4. The highest BCUT2D eigenvalue weighted by atomic mass is 32.2. The fraction of sp³-hybridized carbons (Fsp3) is 0.200. The molecule has 2 unspecified atom stereocenters. The number of nitrogens with two attached hydrogens (primary N) is 1. The SMILES string of the molecule is CCO/N=C(/C(=O)NC1C(=O)N2C(C(=O)OC(c3ccccc3)c3ccccc3)=C(/C=C/OOOOS(=O)(=O)c3ccc(C)cc3)CSC12)c1nsc(N)n1. The van der Waals surface area contributed by atoms with Crippen LogP contribution in [0.15, 0.2) is 119 Å². The topological polar surface area (TPSA) is 220 Å². The molecule has 2 aliphatic heterocycles. The fourth-order valence-electron chi connectivity index (χ4n) is 5.30. The Hall–Kier alpha value is -5.64. The van der Waals surface area contributed by atoms with E-state index in [1.807, 2.05) is 12.1 Å². The number of fused-ring (bicyclic) bond motifs is 1. The van der Waals surface area contributed by atoms with E-state index in [4.69, 9.17) is 20.2 Å². The van der Waals surface area contributed by atoms with Crippen LogP contribution in [0.2, 0.25) is 0 Å². The van der Waals surface area contributed by atoms with Crippen molar-refractivity contribution < 1.29 is 51.7 Å². The third-order valence-corrected chi connectivity index (χ3v) is 10.8. The van der Waals surface area contributed by atoms with Crippen molar-refractivity contribution in [1.29, 1.82) is 0 Å². The van der Waals surface area contributed by atoms with E-state index < -0.39 is 45.4 Å². The van der Waals surface area contributed by atoms with Gasteiger partial charge in [0.25, 0.3) is 11.8 Å².